The van der Waals surface area contributed by atoms with Gasteiger partial charge in [0.25, 0.3) is 0 Å². The highest BCUT2D eigenvalue weighted by Crippen LogP contribution is 2.20. The molecule has 1 aliphatic heterocycles. The van der Waals surface area contributed by atoms with Crippen molar-refractivity contribution >= 4 is 16.7 Å². The number of carbonyl (C=O) groups is 1. The van der Waals surface area contributed by atoms with Crippen LogP contribution in [0.15, 0.2) is 36.8 Å². The van der Waals surface area contributed by atoms with Gasteiger partial charge in [0.15, 0.2) is 5.78 Å². The lowest BCUT2D eigenvalue weighted by molar-refractivity contribution is -0.119. The summed E-state index contributed by atoms with van der Waals surface area (Å²) in [5, 5.41) is 5.00. The second-order valence-corrected chi connectivity index (χ2v) is 6.09. The van der Waals surface area contributed by atoms with E-state index in [0.717, 1.165) is 21.5 Å². The average molecular weight is 339 g/mol. The fourth-order valence-electron chi connectivity index (χ4n) is 2.85. The Balaban J connectivity index is 1.54. The van der Waals surface area contributed by atoms with E-state index in [9.17, 15) is 4.79 Å². The lowest BCUT2D eigenvalue weighted by Gasteiger charge is -2.13. The second-order valence-electron chi connectivity index (χ2n) is 6.09. The summed E-state index contributed by atoms with van der Waals surface area (Å²) in [4.78, 5) is 22.5. The predicted octanol–water partition coefficient (Wildman–Crippen LogP) is 2.24. The number of hydrogen-bond donors (Lipinski definition) is 0. The van der Waals surface area contributed by atoms with E-state index in [4.69, 9.17) is 5.48 Å². The number of aryl methyl sites for hydroxylation is 1. The first kappa shape index (κ1) is 11.9. The Kier molecular flexibility index (Phi) is 3.19. The van der Waals surface area contributed by atoms with E-state index in [1.807, 2.05) is 25.4 Å². The topological polar surface area (TPSA) is 63.9 Å². The SMILES string of the molecule is [2H]C1([2H])CCC([2H])([2H])N1CC(=O)Cc1cc2nc(-c3cnn(C)c3)ccc2cn1. The van der Waals surface area contributed by atoms with Gasteiger partial charge in [0, 0.05) is 41.6 Å². The van der Waals surface area contributed by atoms with Crippen LogP contribution < -0.4 is 0 Å². The minimum absolute atomic E-state index is 0.00258. The Labute approximate surface area is 152 Å². The minimum atomic E-state index is -1.82. The number of ketones is 1. The van der Waals surface area contributed by atoms with Gasteiger partial charge in [-0.05, 0) is 44.0 Å². The van der Waals surface area contributed by atoms with Crippen molar-refractivity contribution < 1.29 is 10.3 Å². The van der Waals surface area contributed by atoms with Crippen molar-refractivity contribution in [2.45, 2.75) is 19.3 Å². The van der Waals surface area contributed by atoms with Gasteiger partial charge in [0.2, 0.25) is 0 Å². The molecule has 0 amide bonds. The van der Waals surface area contributed by atoms with Crippen LogP contribution in [0.4, 0.5) is 0 Å². The van der Waals surface area contributed by atoms with Gasteiger partial charge in [-0.1, -0.05) is 0 Å². The number of Topliss-reactive ketones (excluding diaryl/α,β-unsaturated/α-hetero) is 1. The van der Waals surface area contributed by atoms with Crippen LogP contribution in [-0.4, -0.2) is 50.0 Å². The van der Waals surface area contributed by atoms with Crippen LogP contribution >= 0.6 is 0 Å². The number of carbonyl (C=O) groups excluding carboxylic acids is 1. The normalized spacial score (nSPS) is 21.5. The lowest BCUT2D eigenvalue weighted by atomic mass is 10.1. The Morgan fingerprint density at radius 2 is 2.12 bits per heavy atom. The molecule has 1 saturated heterocycles. The maximum atomic E-state index is 12.5. The third-order valence-electron chi connectivity index (χ3n) is 4.07. The molecule has 0 aromatic carbocycles. The van der Waals surface area contributed by atoms with Crippen molar-refractivity contribution in [1.82, 2.24) is 24.6 Å². The van der Waals surface area contributed by atoms with Crippen molar-refractivity contribution in [1.29, 1.82) is 0 Å². The van der Waals surface area contributed by atoms with Gasteiger partial charge in [-0.15, -0.1) is 0 Å². The van der Waals surface area contributed by atoms with Crippen molar-refractivity contribution in [3.05, 3.63) is 42.5 Å². The highest BCUT2D eigenvalue weighted by molar-refractivity contribution is 5.85. The van der Waals surface area contributed by atoms with Gasteiger partial charge >= 0.3 is 0 Å². The number of rotatable bonds is 5. The Hall–Kier alpha value is -2.60. The second kappa shape index (κ2) is 6.72. The number of hydrogen-bond acceptors (Lipinski definition) is 5. The van der Waals surface area contributed by atoms with Crippen LogP contribution in [0.5, 0.6) is 0 Å². The van der Waals surface area contributed by atoms with Crippen LogP contribution in [0.3, 0.4) is 0 Å². The zero-order valence-corrected chi connectivity index (χ0v) is 13.9. The van der Waals surface area contributed by atoms with Crippen molar-refractivity contribution in [2.75, 3.05) is 19.5 Å². The van der Waals surface area contributed by atoms with E-state index >= 15 is 0 Å². The summed E-state index contributed by atoms with van der Waals surface area (Å²) >= 11 is 0. The van der Waals surface area contributed by atoms with Gasteiger partial charge in [-0.2, -0.15) is 5.10 Å². The van der Waals surface area contributed by atoms with E-state index in [1.165, 1.54) is 0 Å². The summed E-state index contributed by atoms with van der Waals surface area (Å²) in [6.07, 6.45) is 5.41. The monoisotopic (exact) mass is 339 g/mol. The van der Waals surface area contributed by atoms with Crippen molar-refractivity contribution in [3.8, 4) is 11.3 Å². The lowest BCUT2D eigenvalue weighted by Crippen LogP contribution is -2.27. The van der Waals surface area contributed by atoms with Gasteiger partial charge in [0.05, 0.1) is 30.4 Å². The van der Waals surface area contributed by atoms with Gasteiger partial charge in [-0.25, -0.2) is 4.98 Å². The molecule has 0 saturated carbocycles. The zero-order chi connectivity index (χ0) is 20.8. The highest BCUT2D eigenvalue weighted by Gasteiger charge is 2.16. The molecule has 0 radical (unpaired) electrons. The Morgan fingerprint density at radius 1 is 1.28 bits per heavy atom. The highest BCUT2D eigenvalue weighted by atomic mass is 16.1. The number of likely N-dealkylation sites (tertiary alicyclic amines) is 1. The van der Waals surface area contributed by atoms with Crippen LogP contribution in [0.1, 0.15) is 24.0 Å². The number of fused-ring (bicyclic) bond motifs is 1. The van der Waals surface area contributed by atoms with E-state index in [0.29, 0.717) is 11.2 Å². The first-order chi connectivity index (χ1) is 13.6. The molecule has 25 heavy (non-hydrogen) atoms. The molecule has 0 unspecified atom stereocenters. The molecule has 3 aromatic rings. The van der Waals surface area contributed by atoms with Crippen LogP contribution in [0, 0.1) is 0 Å². The standard InChI is InChI=1S/C19H21N5O/c1-23-12-15(11-21-23)18-5-4-14-10-20-16(9-19(14)22-18)8-17(25)13-24-6-2-3-7-24/h4-5,9-12H,2-3,6-8,13H2,1H3/i6D2,7D2. The molecule has 6 nitrogen and oxygen atoms in total. The largest absolute Gasteiger partial charge is 0.298 e. The molecule has 1 aliphatic rings. The molecular weight excluding hydrogens is 314 g/mol. The summed E-state index contributed by atoms with van der Waals surface area (Å²) < 4.78 is 33.5. The zero-order valence-electron chi connectivity index (χ0n) is 17.9. The summed E-state index contributed by atoms with van der Waals surface area (Å²) in [6.45, 7) is -3.94. The van der Waals surface area contributed by atoms with Crippen LogP contribution in [0.25, 0.3) is 22.2 Å². The molecular formula is C19H21N5O. The molecule has 4 heterocycles. The fourth-order valence-corrected chi connectivity index (χ4v) is 2.85. The summed E-state index contributed by atoms with van der Waals surface area (Å²) in [7, 11) is 1.84. The van der Waals surface area contributed by atoms with E-state index in [2.05, 4.69) is 15.1 Å². The molecule has 0 bridgehead atoms. The third-order valence-corrected chi connectivity index (χ3v) is 4.07. The maximum absolute atomic E-state index is 12.5. The Morgan fingerprint density at radius 3 is 2.88 bits per heavy atom. The van der Waals surface area contributed by atoms with E-state index in [-0.39, 0.29) is 31.6 Å². The minimum Gasteiger partial charge on any atom is -0.298 e. The molecule has 3 aromatic heterocycles. The summed E-state index contributed by atoms with van der Waals surface area (Å²) in [6, 6.07) is 5.56. The molecule has 0 aliphatic carbocycles. The van der Waals surface area contributed by atoms with Gasteiger partial charge in [0.1, 0.15) is 0 Å². The quantitative estimate of drug-likeness (QED) is 0.713. The summed E-state index contributed by atoms with van der Waals surface area (Å²) in [5.74, 6) is -0.282. The molecule has 4 rings (SSSR count). The van der Waals surface area contributed by atoms with E-state index < -0.39 is 13.0 Å². The molecule has 6 heteroatoms. The number of pyridine rings is 2. The van der Waals surface area contributed by atoms with Crippen molar-refractivity contribution in [3.63, 3.8) is 0 Å². The molecule has 0 spiro atoms. The third kappa shape index (κ3) is 3.58. The molecule has 0 atom stereocenters. The first-order valence-electron chi connectivity index (χ1n) is 10.2. The van der Waals surface area contributed by atoms with E-state index in [1.54, 1.807) is 23.1 Å². The number of nitrogens with zero attached hydrogens (tertiary/aromatic N) is 5. The maximum Gasteiger partial charge on any atom is 0.152 e. The summed E-state index contributed by atoms with van der Waals surface area (Å²) in [5.41, 5.74) is 2.89. The average Bonchev–Trinajstić information content (AvgIpc) is 3.18. The van der Waals surface area contributed by atoms with Crippen LogP contribution in [0.2, 0.25) is 0 Å². The van der Waals surface area contributed by atoms with Gasteiger partial charge < -0.3 is 0 Å². The predicted molar refractivity (Wildman–Crippen MR) is 96.1 cm³/mol. The number of aromatic nitrogens is 4. The molecule has 0 N–H and O–H groups in total. The van der Waals surface area contributed by atoms with Crippen molar-refractivity contribution in [2.24, 2.45) is 7.05 Å². The molecule has 128 valence electrons. The Bertz CT molecular complexity index is 1070. The smallest absolute Gasteiger partial charge is 0.152 e. The van der Waals surface area contributed by atoms with Gasteiger partial charge in [-0.3, -0.25) is 19.4 Å². The van der Waals surface area contributed by atoms with Crippen LogP contribution in [-0.2, 0) is 18.3 Å². The fraction of sp³-hybridized carbons (Fsp3) is 0.368. The molecule has 1 fully saturated rings. The first-order valence-corrected chi connectivity index (χ1v) is 8.18.